The van der Waals surface area contributed by atoms with Gasteiger partial charge >= 0.3 is 6.09 Å². The monoisotopic (exact) mass is 420 g/mol. The van der Waals surface area contributed by atoms with E-state index in [2.05, 4.69) is 42.2 Å². The summed E-state index contributed by atoms with van der Waals surface area (Å²) in [5, 5.41) is 3.60. The van der Waals surface area contributed by atoms with Crippen molar-refractivity contribution < 1.29 is 9.53 Å². The van der Waals surface area contributed by atoms with Crippen LogP contribution in [-0.4, -0.2) is 11.1 Å². The number of para-hydroxylation sites is 1. The smallest absolute Gasteiger partial charge is 0.408 e. The maximum atomic E-state index is 12.0. The van der Waals surface area contributed by atoms with Crippen LogP contribution in [0.4, 0.5) is 10.5 Å². The standard InChI is InChI=1S/C16H10Br2N2O2/c17-12-7-6-11(9-13(12)18)20-16(21)22-14-5-1-3-10-4-2-8-19-15(10)14/h1-9H,(H,20,21). The molecule has 0 saturated carbocycles. The van der Waals surface area contributed by atoms with Crippen molar-refractivity contribution in [1.29, 1.82) is 0 Å². The van der Waals surface area contributed by atoms with Gasteiger partial charge in [-0.3, -0.25) is 10.3 Å². The van der Waals surface area contributed by atoms with Gasteiger partial charge < -0.3 is 4.74 Å². The number of carbonyl (C=O) groups excluding carboxylic acids is 1. The third-order valence-electron chi connectivity index (χ3n) is 2.96. The van der Waals surface area contributed by atoms with Gasteiger partial charge in [0, 0.05) is 26.2 Å². The number of hydrogen-bond acceptors (Lipinski definition) is 3. The highest BCUT2D eigenvalue weighted by molar-refractivity contribution is 9.13. The van der Waals surface area contributed by atoms with Gasteiger partial charge in [-0.25, -0.2) is 4.79 Å². The molecule has 2 aromatic carbocycles. The lowest BCUT2D eigenvalue weighted by Gasteiger charge is -2.09. The predicted molar refractivity (Wildman–Crippen MR) is 93.2 cm³/mol. The van der Waals surface area contributed by atoms with Crippen molar-refractivity contribution in [3.63, 3.8) is 0 Å². The molecule has 0 atom stereocenters. The molecule has 4 nitrogen and oxygen atoms in total. The molecule has 3 aromatic rings. The first-order valence-electron chi connectivity index (χ1n) is 6.41. The number of carbonyl (C=O) groups is 1. The van der Waals surface area contributed by atoms with Crippen LogP contribution in [0.2, 0.25) is 0 Å². The van der Waals surface area contributed by atoms with Crippen LogP contribution in [0.1, 0.15) is 0 Å². The Hall–Kier alpha value is -1.92. The third kappa shape index (κ3) is 3.28. The van der Waals surface area contributed by atoms with Crippen molar-refractivity contribution >= 4 is 54.5 Å². The normalized spacial score (nSPS) is 10.5. The summed E-state index contributed by atoms with van der Waals surface area (Å²) in [5.41, 5.74) is 1.28. The summed E-state index contributed by atoms with van der Waals surface area (Å²) >= 11 is 6.76. The molecule has 0 bridgehead atoms. The summed E-state index contributed by atoms with van der Waals surface area (Å²) in [6.07, 6.45) is 1.10. The Labute approximate surface area is 143 Å². The van der Waals surface area contributed by atoms with E-state index >= 15 is 0 Å². The molecule has 1 amide bonds. The van der Waals surface area contributed by atoms with E-state index in [4.69, 9.17) is 4.74 Å². The van der Waals surface area contributed by atoms with E-state index in [0.29, 0.717) is 17.0 Å². The van der Waals surface area contributed by atoms with Crippen LogP contribution in [0.5, 0.6) is 5.75 Å². The molecule has 0 aliphatic rings. The summed E-state index contributed by atoms with van der Waals surface area (Å²) in [4.78, 5) is 16.3. The average molecular weight is 422 g/mol. The van der Waals surface area contributed by atoms with Crippen LogP contribution in [0, 0.1) is 0 Å². The minimum atomic E-state index is -0.563. The Balaban J connectivity index is 1.80. The molecule has 0 aliphatic carbocycles. The highest BCUT2D eigenvalue weighted by atomic mass is 79.9. The van der Waals surface area contributed by atoms with E-state index in [-0.39, 0.29) is 0 Å². The maximum absolute atomic E-state index is 12.0. The van der Waals surface area contributed by atoms with Crippen molar-refractivity contribution in [2.75, 3.05) is 5.32 Å². The summed E-state index contributed by atoms with van der Waals surface area (Å²) in [6, 6.07) is 14.6. The molecule has 1 N–H and O–H groups in total. The number of halogens is 2. The summed E-state index contributed by atoms with van der Waals surface area (Å²) in [6.45, 7) is 0. The largest absolute Gasteiger partial charge is 0.417 e. The van der Waals surface area contributed by atoms with Crippen LogP contribution in [0.15, 0.2) is 63.7 Å². The lowest BCUT2D eigenvalue weighted by atomic mass is 10.2. The van der Waals surface area contributed by atoms with Crippen molar-refractivity contribution in [3.8, 4) is 5.75 Å². The number of anilines is 1. The molecule has 0 saturated heterocycles. The second-order valence-electron chi connectivity index (χ2n) is 4.47. The number of pyridine rings is 1. The number of nitrogens with one attached hydrogen (secondary N) is 1. The molecule has 0 aliphatic heterocycles. The topological polar surface area (TPSA) is 51.2 Å². The Kier molecular flexibility index (Phi) is 4.40. The van der Waals surface area contributed by atoms with Gasteiger partial charge in [0.1, 0.15) is 5.52 Å². The van der Waals surface area contributed by atoms with Crippen LogP contribution >= 0.6 is 31.9 Å². The predicted octanol–water partition coefficient (Wildman–Crippen LogP) is 5.37. The number of rotatable bonds is 2. The second-order valence-corrected chi connectivity index (χ2v) is 6.18. The third-order valence-corrected chi connectivity index (χ3v) is 4.84. The maximum Gasteiger partial charge on any atom is 0.417 e. The SMILES string of the molecule is O=C(Nc1ccc(Br)c(Br)c1)Oc1cccc2cccnc12. The first-order valence-corrected chi connectivity index (χ1v) is 8.00. The van der Waals surface area contributed by atoms with Gasteiger partial charge in [-0.2, -0.15) is 0 Å². The Morgan fingerprint density at radius 3 is 2.68 bits per heavy atom. The molecular formula is C16H10Br2N2O2. The molecule has 0 fully saturated rings. The molecule has 1 aromatic heterocycles. The quantitative estimate of drug-likeness (QED) is 0.605. The number of ether oxygens (including phenoxy) is 1. The molecule has 6 heteroatoms. The molecule has 110 valence electrons. The van der Waals surface area contributed by atoms with E-state index in [1.54, 1.807) is 24.4 Å². The summed E-state index contributed by atoms with van der Waals surface area (Å²) < 4.78 is 7.11. The number of nitrogens with zero attached hydrogens (tertiary/aromatic N) is 1. The van der Waals surface area contributed by atoms with Crippen LogP contribution in [-0.2, 0) is 0 Å². The zero-order chi connectivity index (χ0) is 15.5. The Morgan fingerprint density at radius 1 is 1.05 bits per heavy atom. The number of benzene rings is 2. The van der Waals surface area contributed by atoms with Crippen LogP contribution in [0.3, 0.4) is 0 Å². The van der Waals surface area contributed by atoms with Gasteiger partial charge in [0.15, 0.2) is 5.75 Å². The van der Waals surface area contributed by atoms with E-state index < -0.39 is 6.09 Å². The Morgan fingerprint density at radius 2 is 1.86 bits per heavy atom. The first-order chi connectivity index (χ1) is 10.6. The molecule has 22 heavy (non-hydrogen) atoms. The van der Waals surface area contributed by atoms with Gasteiger partial charge in [0.25, 0.3) is 0 Å². The fraction of sp³-hybridized carbons (Fsp3) is 0. The minimum Gasteiger partial charge on any atom is -0.408 e. The number of aromatic nitrogens is 1. The zero-order valence-corrected chi connectivity index (χ0v) is 14.4. The molecule has 3 rings (SSSR count). The molecule has 0 unspecified atom stereocenters. The number of hydrogen-bond donors (Lipinski definition) is 1. The van der Waals surface area contributed by atoms with E-state index in [1.165, 1.54) is 0 Å². The number of fused-ring (bicyclic) bond motifs is 1. The van der Waals surface area contributed by atoms with Crippen molar-refractivity contribution in [2.24, 2.45) is 0 Å². The van der Waals surface area contributed by atoms with Gasteiger partial charge in [-0.05, 0) is 62.2 Å². The van der Waals surface area contributed by atoms with Crippen molar-refractivity contribution in [3.05, 3.63) is 63.7 Å². The minimum absolute atomic E-state index is 0.423. The molecule has 0 spiro atoms. The van der Waals surface area contributed by atoms with Gasteiger partial charge in [-0.15, -0.1) is 0 Å². The van der Waals surface area contributed by atoms with Gasteiger partial charge in [0.2, 0.25) is 0 Å². The van der Waals surface area contributed by atoms with E-state index in [0.717, 1.165) is 14.3 Å². The summed E-state index contributed by atoms with van der Waals surface area (Å²) in [5.74, 6) is 0.423. The van der Waals surface area contributed by atoms with E-state index in [1.807, 2.05) is 30.3 Å². The fourth-order valence-corrected chi connectivity index (χ4v) is 2.60. The summed E-state index contributed by atoms with van der Waals surface area (Å²) in [7, 11) is 0. The molecule has 1 heterocycles. The van der Waals surface area contributed by atoms with E-state index in [9.17, 15) is 4.79 Å². The Bertz CT molecular complexity index is 847. The first kappa shape index (κ1) is 15.0. The zero-order valence-electron chi connectivity index (χ0n) is 11.2. The van der Waals surface area contributed by atoms with Gasteiger partial charge in [0.05, 0.1) is 0 Å². The van der Waals surface area contributed by atoms with Crippen molar-refractivity contribution in [1.82, 2.24) is 4.98 Å². The highest BCUT2D eigenvalue weighted by Gasteiger charge is 2.09. The fourth-order valence-electron chi connectivity index (χ4n) is 1.98. The van der Waals surface area contributed by atoms with Crippen LogP contribution < -0.4 is 10.1 Å². The lowest BCUT2D eigenvalue weighted by Crippen LogP contribution is -2.17. The van der Waals surface area contributed by atoms with Gasteiger partial charge in [-0.1, -0.05) is 18.2 Å². The molecule has 0 radical (unpaired) electrons. The second kappa shape index (κ2) is 6.46. The average Bonchev–Trinajstić information content (AvgIpc) is 2.51. The molecular weight excluding hydrogens is 412 g/mol. The van der Waals surface area contributed by atoms with Crippen molar-refractivity contribution in [2.45, 2.75) is 0 Å². The lowest BCUT2D eigenvalue weighted by molar-refractivity contribution is 0.215. The van der Waals surface area contributed by atoms with Crippen LogP contribution in [0.25, 0.3) is 10.9 Å². The number of amides is 1. The highest BCUT2D eigenvalue weighted by Crippen LogP contribution is 2.27.